The maximum absolute atomic E-state index is 15.9. The smallest absolute Gasteiger partial charge is 0.294 e. The van der Waals surface area contributed by atoms with E-state index in [1.807, 2.05) is 19.9 Å². The summed E-state index contributed by atoms with van der Waals surface area (Å²) in [5.74, 6) is -4.93. The third-order valence-corrected chi connectivity index (χ3v) is 7.07. The normalized spacial score (nSPS) is 19.1. The Bertz CT molecular complexity index is 1120. The van der Waals surface area contributed by atoms with Crippen LogP contribution in [0.25, 0.3) is 0 Å². The van der Waals surface area contributed by atoms with Gasteiger partial charge in [-0.1, -0.05) is 68.8 Å². The Morgan fingerprint density at radius 1 is 1.17 bits per heavy atom. The summed E-state index contributed by atoms with van der Waals surface area (Å²) in [6.07, 6.45) is 1.51. The highest BCUT2D eigenvalue weighted by Gasteiger charge is 2.56. The summed E-state index contributed by atoms with van der Waals surface area (Å²) in [6.45, 7) is 6.06. The molecule has 1 amide bonds. The van der Waals surface area contributed by atoms with Gasteiger partial charge in [0.2, 0.25) is 5.95 Å². The molecule has 35 heavy (non-hydrogen) atoms. The van der Waals surface area contributed by atoms with Crippen molar-refractivity contribution in [2.24, 2.45) is 0 Å². The van der Waals surface area contributed by atoms with Crippen LogP contribution in [0.2, 0.25) is 5.02 Å². The number of benzene rings is 2. The van der Waals surface area contributed by atoms with E-state index in [9.17, 15) is 4.79 Å². The van der Waals surface area contributed by atoms with Crippen LogP contribution in [0.5, 0.6) is 0 Å². The highest BCUT2D eigenvalue weighted by Crippen LogP contribution is 2.45. The van der Waals surface area contributed by atoms with Crippen LogP contribution in [-0.4, -0.2) is 46.5 Å². The van der Waals surface area contributed by atoms with Gasteiger partial charge < -0.3 is 4.90 Å². The minimum Gasteiger partial charge on any atom is -0.331 e. The van der Waals surface area contributed by atoms with E-state index >= 15 is 13.2 Å². The molecule has 1 heterocycles. The zero-order chi connectivity index (χ0) is 25.5. The molecule has 1 aliphatic carbocycles. The average Bonchev–Trinajstić information content (AvgIpc) is 3.63. The first-order valence-corrected chi connectivity index (χ1v) is 12.4. The van der Waals surface area contributed by atoms with E-state index in [2.05, 4.69) is 0 Å². The Morgan fingerprint density at radius 3 is 2.40 bits per heavy atom. The van der Waals surface area contributed by atoms with Crippen LogP contribution in [0.4, 0.5) is 13.2 Å². The molecule has 1 aliphatic heterocycles. The molecule has 0 saturated heterocycles. The lowest BCUT2D eigenvalue weighted by Gasteiger charge is -2.36. The topological polar surface area (TPSA) is 26.8 Å². The van der Waals surface area contributed by atoms with E-state index in [0.29, 0.717) is 5.02 Å². The molecule has 0 aromatic heterocycles. The van der Waals surface area contributed by atoms with Crippen LogP contribution in [0.15, 0.2) is 60.1 Å². The molecule has 0 bridgehead atoms. The predicted molar refractivity (Wildman–Crippen MR) is 132 cm³/mol. The van der Waals surface area contributed by atoms with Crippen molar-refractivity contribution in [3.8, 4) is 0 Å². The zero-order valence-electron chi connectivity index (χ0n) is 20.4. The van der Waals surface area contributed by atoms with Crippen molar-refractivity contribution in [2.75, 3.05) is 13.6 Å². The maximum atomic E-state index is 15.9. The molecule has 188 valence electrons. The molecular weight excluding hydrogens is 475 g/mol. The van der Waals surface area contributed by atoms with Gasteiger partial charge in [0.1, 0.15) is 6.04 Å². The number of alkyl halides is 2. The van der Waals surface area contributed by atoms with Crippen LogP contribution in [0.3, 0.4) is 0 Å². The summed E-state index contributed by atoms with van der Waals surface area (Å²) in [7, 11) is 1.38. The zero-order valence-corrected chi connectivity index (χ0v) is 21.2. The Kier molecular flexibility index (Phi) is 7.21. The van der Waals surface area contributed by atoms with Gasteiger partial charge >= 0.3 is 0 Å². The third kappa shape index (κ3) is 4.81. The van der Waals surface area contributed by atoms with E-state index < -0.39 is 29.4 Å². The minimum atomic E-state index is -3.49. The predicted octanol–water partition coefficient (Wildman–Crippen LogP) is 6.48. The summed E-state index contributed by atoms with van der Waals surface area (Å²) < 4.78 is 47.4. The van der Waals surface area contributed by atoms with Gasteiger partial charge in [-0.05, 0) is 42.0 Å². The number of carbonyl (C=O) groups is 1. The number of hydrazine groups is 1. The van der Waals surface area contributed by atoms with Gasteiger partial charge in [-0.3, -0.25) is 9.80 Å². The van der Waals surface area contributed by atoms with Crippen molar-refractivity contribution in [3.63, 3.8) is 0 Å². The number of hydrogen-bond donors (Lipinski definition) is 0. The van der Waals surface area contributed by atoms with Crippen molar-refractivity contribution in [1.82, 2.24) is 14.9 Å². The number of likely N-dealkylation sites (N-methyl/N-ethyl adjacent to an activating group) is 1. The second-order valence-electron chi connectivity index (χ2n) is 9.54. The van der Waals surface area contributed by atoms with Gasteiger partial charge in [0.05, 0.1) is 5.57 Å². The number of nitrogens with zero attached hydrogens (tertiary/aromatic N) is 3. The Labute approximate surface area is 209 Å². The first kappa shape index (κ1) is 25.6. The molecule has 0 radical (unpaired) electrons. The summed E-state index contributed by atoms with van der Waals surface area (Å²) in [4.78, 5) is 15.5. The van der Waals surface area contributed by atoms with Gasteiger partial charge in [-0.25, -0.2) is 5.01 Å². The lowest BCUT2D eigenvalue weighted by Crippen LogP contribution is -2.50. The standard InChI is InChI=1S/C27H31ClF3N3O/c1-5-34-24(27(30,31)19-9-7-6-8-10-19)23(25(29)32(34)4)26(35)33(21-12-13-21)16-18-15-20(28)11-14-22(18)17(2)3/h6-11,14-15,17,21,24H,5,12-13,16H2,1-4H3. The monoisotopic (exact) mass is 505 g/mol. The van der Waals surface area contributed by atoms with Gasteiger partial charge in [0.25, 0.3) is 11.8 Å². The minimum absolute atomic E-state index is 0.114. The summed E-state index contributed by atoms with van der Waals surface area (Å²) in [5, 5.41) is 2.79. The molecule has 1 atom stereocenters. The Morgan fingerprint density at radius 2 is 1.83 bits per heavy atom. The summed E-state index contributed by atoms with van der Waals surface area (Å²) in [6, 6.07) is 11.0. The molecule has 0 N–H and O–H groups in total. The number of amides is 1. The fourth-order valence-electron chi connectivity index (χ4n) is 4.87. The van der Waals surface area contributed by atoms with Crippen molar-refractivity contribution >= 4 is 17.5 Å². The van der Waals surface area contributed by atoms with E-state index in [0.717, 1.165) is 29.0 Å². The first-order chi connectivity index (χ1) is 16.6. The maximum Gasteiger partial charge on any atom is 0.294 e. The van der Waals surface area contributed by atoms with Crippen LogP contribution in [0, 0.1) is 0 Å². The van der Waals surface area contributed by atoms with E-state index in [1.54, 1.807) is 30.0 Å². The van der Waals surface area contributed by atoms with Crippen molar-refractivity contribution < 1.29 is 18.0 Å². The summed E-state index contributed by atoms with van der Waals surface area (Å²) in [5.41, 5.74) is 1.11. The third-order valence-electron chi connectivity index (χ3n) is 6.84. The highest BCUT2D eigenvalue weighted by molar-refractivity contribution is 6.30. The Hall–Kier alpha value is -2.51. The average molecular weight is 506 g/mol. The molecule has 8 heteroatoms. The molecule has 1 fully saturated rings. The molecule has 0 spiro atoms. The van der Waals surface area contributed by atoms with Crippen LogP contribution >= 0.6 is 11.6 Å². The summed E-state index contributed by atoms with van der Waals surface area (Å²) >= 11 is 6.25. The molecule has 2 aromatic rings. The SMILES string of the molecule is CCN1C(C(F)(F)c2ccccc2)C(C(=O)N(Cc2cc(Cl)ccc2C(C)C)C2CC2)=C(F)N1C. The molecule has 2 aromatic carbocycles. The highest BCUT2D eigenvalue weighted by atomic mass is 35.5. The lowest BCUT2D eigenvalue weighted by molar-refractivity contribution is -0.136. The second-order valence-corrected chi connectivity index (χ2v) is 9.97. The first-order valence-electron chi connectivity index (χ1n) is 12.0. The van der Waals surface area contributed by atoms with Crippen LogP contribution < -0.4 is 0 Å². The fraction of sp³-hybridized carbons (Fsp3) is 0.444. The second kappa shape index (κ2) is 9.86. The van der Waals surface area contributed by atoms with Crippen molar-refractivity contribution in [1.29, 1.82) is 0 Å². The van der Waals surface area contributed by atoms with Crippen LogP contribution in [-0.2, 0) is 17.3 Å². The number of rotatable bonds is 8. The molecule has 2 aliphatic rings. The van der Waals surface area contributed by atoms with Crippen LogP contribution in [0.1, 0.15) is 56.2 Å². The van der Waals surface area contributed by atoms with Gasteiger partial charge in [0, 0.05) is 36.8 Å². The molecule has 1 unspecified atom stereocenters. The number of halogens is 4. The number of hydrogen-bond acceptors (Lipinski definition) is 3. The van der Waals surface area contributed by atoms with Gasteiger partial charge in [-0.2, -0.15) is 13.2 Å². The Balaban J connectivity index is 1.75. The van der Waals surface area contributed by atoms with Gasteiger partial charge in [-0.15, -0.1) is 0 Å². The molecule has 1 saturated carbocycles. The molecule has 4 rings (SSSR count). The lowest BCUT2D eigenvalue weighted by atomic mass is 9.93. The largest absolute Gasteiger partial charge is 0.331 e. The van der Waals surface area contributed by atoms with E-state index in [1.165, 1.54) is 36.3 Å². The fourth-order valence-corrected chi connectivity index (χ4v) is 5.07. The molecular formula is C27H31ClF3N3O. The molecule has 4 nitrogen and oxygen atoms in total. The van der Waals surface area contributed by atoms with E-state index in [-0.39, 0.29) is 30.6 Å². The van der Waals surface area contributed by atoms with Gasteiger partial charge in [0.15, 0.2) is 0 Å². The quantitative estimate of drug-likeness (QED) is 0.384. The van der Waals surface area contributed by atoms with Crippen molar-refractivity contribution in [3.05, 3.63) is 81.8 Å². The van der Waals surface area contributed by atoms with E-state index in [4.69, 9.17) is 11.6 Å². The number of carbonyl (C=O) groups excluding carboxylic acids is 1. The van der Waals surface area contributed by atoms with Crippen molar-refractivity contribution in [2.45, 2.75) is 64.1 Å².